The van der Waals surface area contributed by atoms with Gasteiger partial charge >= 0.3 is 0 Å². The summed E-state index contributed by atoms with van der Waals surface area (Å²) in [6.45, 7) is 0.0283. The summed E-state index contributed by atoms with van der Waals surface area (Å²) in [4.78, 5) is 0. The molecular weight excluding hydrogens is 252 g/mol. The Hall–Kier alpha value is -2.48. The highest BCUT2D eigenvalue weighted by Gasteiger charge is 1.99. The number of aliphatic hydroxyl groups excluding tert-OH is 1. The zero-order valence-electron chi connectivity index (χ0n) is 11.2. The second-order valence-electron chi connectivity index (χ2n) is 4.29. The Morgan fingerprint density at radius 3 is 2.55 bits per heavy atom. The van der Waals surface area contributed by atoms with Crippen LogP contribution in [-0.4, -0.2) is 17.3 Å². The minimum Gasteiger partial charge on any atom is -0.504 e. The molecule has 0 radical (unpaired) electrons. The van der Waals surface area contributed by atoms with Gasteiger partial charge in [-0.2, -0.15) is 0 Å². The highest BCUT2D eigenvalue weighted by atomic mass is 16.5. The van der Waals surface area contributed by atoms with E-state index in [2.05, 4.69) is 5.73 Å². The molecule has 20 heavy (non-hydrogen) atoms. The maximum Gasteiger partial charge on any atom is 0.161 e. The van der Waals surface area contributed by atoms with E-state index >= 15 is 0 Å². The van der Waals surface area contributed by atoms with Gasteiger partial charge in [-0.1, -0.05) is 24.3 Å². The molecule has 0 aliphatic rings. The zero-order valence-corrected chi connectivity index (χ0v) is 11.2. The standard InChI is InChI=1S/C17H16O3/c1-20-17-11-14(8-9-16(17)19)6-2-4-13-5-3-7-15(10-13)12-18/h3-11,18-19H,12H2,1H3. The highest BCUT2D eigenvalue weighted by Crippen LogP contribution is 2.26. The normalized spacial score (nSPS) is 9.70. The quantitative estimate of drug-likeness (QED) is 0.837. The summed E-state index contributed by atoms with van der Waals surface area (Å²) in [5.74, 6) is 0.548. The first-order valence-corrected chi connectivity index (χ1v) is 6.22. The fourth-order valence-corrected chi connectivity index (χ4v) is 1.80. The molecule has 0 bridgehead atoms. The van der Waals surface area contributed by atoms with Crippen molar-refractivity contribution < 1.29 is 14.9 Å². The van der Waals surface area contributed by atoms with E-state index in [0.29, 0.717) is 5.75 Å². The van der Waals surface area contributed by atoms with E-state index in [4.69, 9.17) is 9.84 Å². The molecule has 3 nitrogen and oxygen atoms in total. The lowest BCUT2D eigenvalue weighted by atomic mass is 10.1. The number of aliphatic hydroxyl groups is 1. The van der Waals surface area contributed by atoms with Gasteiger partial charge in [-0.15, -0.1) is 5.73 Å². The molecule has 0 aliphatic heterocycles. The van der Waals surface area contributed by atoms with Gasteiger partial charge in [0.1, 0.15) is 0 Å². The number of ether oxygens (including phenoxy) is 1. The van der Waals surface area contributed by atoms with Gasteiger partial charge in [0.15, 0.2) is 11.5 Å². The molecule has 2 aromatic rings. The average molecular weight is 268 g/mol. The molecule has 0 aromatic heterocycles. The van der Waals surface area contributed by atoms with Crippen LogP contribution >= 0.6 is 0 Å². The molecule has 3 heteroatoms. The molecule has 0 aliphatic carbocycles. The van der Waals surface area contributed by atoms with Crippen LogP contribution in [0.4, 0.5) is 0 Å². The summed E-state index contributed by atoms with van der Waals surface area (Å²) >= 11 is 0. The Morgan fingerprint density at radius 2 is 1.85 bits per heavy atom. The van der Waals surface area contributed by atoms with Crippen LogP contribution in [0.3, 0.4) is 0 Å². The molecule has 0 saturated heterocycles. The molecule has 2 rings (SSSR count). The van der Waals surface area contributed by atoms with Crippen molar-refractivity contribution in [3.05, 3.63) is 64.9 Å². The van der Waals surface area contributed by atoms with Crippen LogP contribution in [0.5, 0.6) is 11.5 Å². The van der Waals surface area contributed by atoms with Crippen molar-refractivity contribution in [3.8, 4) is 11.5 Å². The predicted octanol–water partition coefficient (Wildman–Crippen LogP) is 3.22. The van der Waals surface area contributed by atoms with Crippen LogP contribution in [0.2, 0.25) is 0 Å². The van der Waals surface area contributed by atoms with Crippen molar-refractivity contribution in [2.45, 2.75) is 6.61 Å². The van der Waals surface area contributed by atoms with Gasteiger partial charge in [0.25, 0.3) is 0 Å². The highest BCUT2D eigenvalue weighted by molar-refractivity contribution is 5.60. The van der Waals surface area contributed by atoms with Gasteiger partial charge < -0.3 is 14.9 Å². The predicted molar refractivity (Wildman–Crippen MR) is 79.5 cm³/mol. The summed E-state index contributed by atoms with van der Waals surface area (Å²) in [7, 11) is 1.51. The van der Waals surface area contributed by atoms with E-state index in [1.165, 1.54) is 7.11 Å². The summed E-state index contributed by atoms with van der Waals surface area (Å²) < 4.78 is 5.04. The summed E-state index contributed by atoms with van der Waals surface area (Å²) in [5, 5.41) is 18.6. The fourth-order valence-electron chi connectivity index (χ4n) is 1.80. The van der Waals surface area contributed by atoms with Crippen molar-refractivity contribution in [2.24, 2.45) is 0 Å². The van der Waals surface area contributed by atoms with Crippen LogP contribution in [-0.2, 0) is 6.61 Å². The molecule has 0 saturated carbocycles. The Balaban J connectivity index is 2.21. The van der Waals surface area contributed by atoms with Crippen molar-refractivity contribution in [1.82, 2.24) is 0 Å². The van der Waals surface area contributed by atoms with E-state index in [9.17, 15) is 5.11 Å². The first-order chi connectivity index (χ1) is 9.72. The average Bonchev–Trinajstić information content (AvgIpc) is 2.49. The molecule has 0 atom stereocenters. The lowest BCUT2D eigenvalue weighted by Gasteiger charge is -2.02. The van der Waals surface area contributed by atoms with Crippen molar-refractivity contribution in [1.29, 1.82) is 0 Å². The van der Waals surface area contributed by atoms with E-state index in [0.717, 1.165) is 16.7 Å². The Labute approximate surface area is 118 Å². The number of benzene rings is 2. The van der Waals surface area contributed by atoms with Crippen molar-refractivity contribution >= 4 is 12.2 Å². The molecule has 102 valence electrons. The number of rotatable bonds is 4. The minimum atomic E-state index is 0.0283. The van der Waals surface area contributed by atoms with E-state index in [-0.39, 0.29) is 12.4 Å². The number of hydrogen-bond acceptors (Lipinski definition) is 3. The fraction of sp³-hybridized carbons (Fsp3) is 0.118. The molecule has 2 aromatic carbocycles. The second-order valence-corrected chi connectivity index (χ2v) is 4.29. The van der Waals surface area contributed by atoms with Gasteiger partial charge in [0.2, 0.25) is 0 Å². The Kier molecular flexibility index (Phi) is 4.61. The van der Waals surface area contributed by atoms with Crippen molar-refractivity contribution in [2.75, 3.05) is 7.11 Å². The maximum atomic E-state index is 9.51. The maximum absolute atomic E-state index is 9.51. The summed E-state index contributed by atoms with van der Waals surface area (Å²) in [6, 6.07) is 12.7. The molecule has 0 spiro atoms. The smallest absolute Gasteiger partial charge is 0.161 e. The molecule has 0 unspecified atom stereocenters. The first kappa shape index (κ1) is 13.9. The Bertz CT molecular complexity index is 653. The van der Waals surface area contributed by atoms with Gasteiger partial charge in [0.05, 0.1) is 13.7 Å². The SMILES string of the molecule is COc1cc(C=C=Cc2cccc(CO)c2)ccc1O. The van der Waals surface area contributed by atoms with Gasteiger partial charge in [-0.3, -0.25) is 0 Å². The van der Waals surface area contributed by atoms with E-state index in [1.807, 2.05) is 30.3 Å². The molecule has 0 heterocycles. The number of phenols is 1. The van der Waals surface area contributed by atoms with Crippen LogP contribution < -0.4 is 4.74 Å². The van der Waals surface area contributed by atoms with Crippen LogP contribution in [0.25, 0.3) is 12.2 Å². The number of aromatic hydroxyl groups is 1. The third-order valence-electron chi connectivity index (χ3n) is 2.84. The molecule has 2 N–H and O–H groups in total. The van der Waals surface area contributed by atoms with Crippen LogP contribution in [0.15, 0.2) is 48.2 Å². The van der Waals surface area contributed by atoms with E-state index < -0.39 is 0 Å². The number of phenolic OH excluding ortho intramolecular Hbond substituents is 1. The van der Waals surface area contributed by atoms with Gasteiger partial charge in [0, 0.05) is 0 Å². The van der Waals surface area contributed by atoms with Crippen molar-refractivity contribution in [3.63, 3.8) is 0 Å². The third kappa shape index (κ3) is 3.51. The molecule has 0 amide bonds. The summed E-state index contributed by atoms with van der Waals surface area (Å²) in [5.41, 5.74) is 5.79. The van der Waals surface area contributed by atoms with E-state index in [1.54, 1.807) is 24.3 Å². The molecule has 0 fully saturated rings. The van der Waals surface area contributed by atoms with Crippen LogP contribution in [0.1, 0.15) is 16.7 Å². The lowest BCUT2D eigenvalue weighted by molar-refractivity contribution is 0.282. The topological polar surface area (TPSA) is 49.7 Å². The monoisotopic (exact) mass is 268 g/mol. The number of hydrogen-bond donors (Lipinski definition) is 2. The second kappa shape index (κ2) is 6.62. The largest absolute Gasteiger partial charge is 0.504 e. The first-order valence-electron chi connectivity index (χ1n) is 6.22. The Morgan fingerprint density at radius 1 is 1.10 bits per heavy atom. The van der Waals surface area contributed by atoms with Gasteiger partial charge in [-0.25, -0.2) is 0 Å². The summed E-state index contributed by atoms with van der Waals surface area (Å²) in [6.07, 6.45) is 3.63. The zero-order chi connectivity index (χ0) is 14.4. The number of methoxy groups -OCH3 is 1. The minimum absolute atomic E-state index is 0.0283. The van der Waals surface area contributed by atoms with Crippen LogP contribution in [0, 0.1) is 0 Å². The van der Waals surface area contributed by atoms with Gasteiger partial charge in [-0.05, 0) is 47.0 Å². The third-order valence-corrected chi connectivity index (χ3v) is 2.84. The molecular formula is C17H16O3. The lowest BCUT2D eigenvalue weighted by Crippen LogP contribution is -1.84.